The van der Waals surface area contributed by atoms with Crippen LogP contribution in [0.5, 0.6) is 0 Å². The van der Waals surface area contributed by atoms with Gasteiger partial charge in [-0.1, -0.05) is 40.9 Å². The summed E-state index contributed by atoms with van der Waals surface area (Å²) >= 11 is 3.54. The minimum absolute atomic E-state index is 0.223. The Morgan fingerprint density at radius 1 is 1.09 bits per heavy atom. The van der Waals surface area contributed by atoms with Gasteiger partial charge < -0.3 is 4.90 Å². The summed E-state index contributed by atoms with van der Waals surface area (Å²) in [6.07, 6.45) is 7.49. The molecule has 23 heavy (non-hydrogen) atoms. The average molecular weight is 377 g/mol. The lowest BCUT2D eigenvalue weighted by atomic mass is 9.94. The molecule has 2 aliphatic carbocycles. The highest BCUT2D eigenvalue weighted by molar-refractivity contribution is 9.10. The van der Waals surface area contributed by atoms with Crippen molar-refractivity contribution in [1.29, 1.82) is 0 Å². The van der Waals surface area contributed by atoms with Crippen LogP contribution in [0, 0.1) is 0 Å². The fourth-order valence-electron chi connectivity index (χ4n) is 4.40. The Bertz CT molecular complexity index is 585. The molecule has 0 spiro atoms. The summed E-state index contributed by atoms with van der Waals surface area (Å²) in [5.74, 6) is 0.363. The summed E-state index contributed by atoms with van der Waals surface area (Å²) in [4.78, 5) is 17.9. The second-order valence-electron chi connectivity index (χ2n) is 7.36. The van der Waals surface area contributed by atoms with Crippen LogP contribution in [-0.2, 0) is 10.2 Å². The summed E-state index contributed by atoms with van der Waals surface area (Å²) in [6.45, 7) is 3.94. The van der Waals surface area contributed by atoms with Crippen LogP contribution in [-0.4, -0.2) is 47.9 Å². The van der Waals surface area contributed by atoms with Gasteiger partial charge in [0.15, 0.2) is 0 Å². The standard InChI is InChI=1S/C19H25BrN2O/c20-16-5-3-4-15(14-16)19(8-9-19)18(23)22-12-10-21(11-13-22)17-6-1-2-7-17/h3-5,14,17H,1-2,6-13H2. The number of hydrogen-bond donors (Lipinski definition) is 0. The van der Waals surface area contributed by atoms with Gasteiger partial charge in [0.05, 0.1) is 5.41 Å². The van der Waals surface area contributed by atoms with Gasteiger partial charge in [0.1, 0.15) is 0 Å². The van der Waals surface area contributed by atoms with Crippen molar-refractivity contribution in [1.82, 2.24) is 9.80 Å². The molecule has 1 aromatic rings. The first-order valence-electron chi connectivity index (χ1n) is 8.98. The zero-order chi connectivity index (χ0) is 15.9. The van der Waals surface area contributed by atoms with E-state index in [1.807, 2.05) is 12.1 Å². The fraction of sp³-hybridized carbons (Fsp3) is 0.632. The van der Waals surface area contributed by atoms with Crippen molar-refractivity contribution >= 4 is 21.8 Å². The van der Waals surface area contributed by atoms with E-state index < -0.39 is 0 Å². The molecule has 0 radical (unpaired) electrons. The highest BCUT2D eigenvalue weighted by Crippen LogP contribution is 2.50. The van der Waals surface area contributed by atoms with E-state index in [4.69, 9.17) is 0 Å². The molecule has 0 aromatic heterocycles. The molecule has 1 aromatic carbocycles. The minimum atomic E-state index is -0.223. The molecule has 3 aliphatic rings. The summed E-state index contributed by atoms with van der Waals surface area (Å²) in [5, 5.41) is 0. The molecule has 0 bridgehead atoms. The number of hydrogen-bond acceptors (Lipinski definition) is 2. The third kappa shape index (κ3) is 2.96. The molecule has 124 valence electrons. The van der Waals surface area contributed by atoms with Crippen molar-refractivity contribution in [2.75, 3.05) is 26.2 Å². The van der Waals surface area contributed by atoms with Gasteiger partial charge in [-0.3, -0.25) is 9.69 Å². The number of piperazine rings is 1. The molecule has 0 atom stereocenters. The Hall–Kier alpha value is -0.870. The molecule has 4 heteroatoms. The maximum absolute atomic E-state index is 13.1. The van der Waals surface area contributed by atoms with Gasteiger partial charge in [0.25, 0.3) is 0 Å². The van der Waals surface area contributed by atoms with Crippen molar-refractivity contribution in [2.45, 2.75) is 50.0 Å². The monoisotopic (exact) mass is 376 g/mol. The first kappa shape index (κ1) is 15.6. The van der Waals surface area contributed by atoms with Gasteiger partial charge in [-0.15, -0.1) is 0 Å². The van der Waals surface area contributed by atoms with Gasteiger partial charge >= 0.3 is 0 Å². The third-order valence-corrected chi connectivity index (χ3v) is 6.47. The van der Waals surface area contributed by atoms with Crippen LogP contribution in [0.4, 0.5) is 0 Å². The van der Waals surface area contributed by atoms with Gasteiger partial charge in [0, 0.05) is 36.7 Å². The second kappa shape index (κ2) is 6.21. The predicted octanol–water partition coefficient (Wildman–Crippen LogP) is 3.57. The molecule has 1 heterocycles. The number of benzene rings is 1. The smallest absolute Gasteiger partial charge is 0.233 e. The van der Waals surface area contributed by atoms with Crippen molar-refractivity contribution in [3.8, 4) is 0 Å². The molecule has 1 amide bonds. The summed E-state index contributed by atoms with van der Waals surface area (Å²) in [5.41, 5.74) is 0.967. The molecule has 0 unspecified atom stereocenters. The largest absolute Gasteiger partial charge is 0.339 e. The van der Waals surface area contributed by atoms with Crippen LogP contribution in [0.3, 0.4) is 0 Å². The van der Waals surface area contributed by atoms with Gasteiger partial charge in [-0.2, -0.15) is 0 Å². The lowest BCUT2D eigenvalue weighted by Crippen LogP contribution is -2.53. The molecule has 3 nitrogen and oxygen atoms in total. The third-order valence-electron chi connectivity index (χ3n) is 5.98. The number of nitrogens with zero attached hydrogens (tertiary/aromatic N) is 2. The molecule has 2 saturated carbocycles. The maximum Gasteiger partial charge on any atom is 0.233 e. The molecule has 4 rings (SSSR count). The first-order chi connectivity index (χ1) is 11.2. The van der Waals surface area contributed by atoms with E-state index in [-0.39, 0.29) is 5.41 Å². The Morgan fingerprint density at radius 2 is 1.78 bits per heavy atom. The zero-order valence-corrected chi connectivity index (χ0v) is 15.2. The van der Waals surface area contributed by atoms with E-state index in [1.165, 1.54) is 31.2 Å². The molecule has 1 saturated heterocycles. The molecular weight excluding hydrogens is 352 g/mol. The minimum Gasteiger partial charge on any atom is -0.339 e. The van der Waals surface area contributed by atoms with Crippen LogP contribution >= 0.6 is 15.9 Å². The van der Waals surface area contributed by atoms with Crippen LogP contribution in [0.25, 0.3) is 0 Å². The van der Waals surface area contributed by atoms with Gasteiger partial charge in [-0.05, 0) is 43.4 Å². The normalized spacial score (nSPS) is 24.8. The molecule has 3 fully saturated rings. The van der Waals surface area contributed by atoms with Crippen molar-refractivity contribution in [3.05, 3.63) is 34.3 Å². The van der Waals surface area contributed by atoms with E-state index >= 15 is 0 Å². The van der Waals surface area contributed by atoms with Crippen LogP contribution < -0.4 is 0 Å². The SMILES string of the molecule is O=C(N1CCN(C2CCCC2)CC1)C1(c2cccc(Br)c2)CC1. The van der Waals surface area contributed by atoms with Crippen LogP contribution in [0.1, 0.15) is 44.1 Å². The highest BCUT2D eigenvalue weighted by Gasteiger charge is 2.53. The van der Waals surface area contributed by atoms with Crippen molar-refractivity contribution < 1.29 is 4.79 Å². The maximum atomic E-state index is 13.1. The van der Waals surface area contributed by atoms with Gasteiger partial charge in [0.2, 0.25) is 5.91 Å². The van der Waals surface area contributed by atoms with Crippen molar-refractivity contribution in [2.24, 2.45) is 0 Å². The second-order valence-corrected chi connectivity index (χ2v) is 8.27. The summed E-state index contributed by atoms with van der Waals surface area (Å²) < 4.78 is 1.07. The van der Waals surface area contributed by atoms with E-state index in [0.717, 1.165) is 49.5 Å². The predicted molar refractivity (Wildman–Crippen MR) is 95.5 cm³/mol. The summed E-state index contributed by atoms with van der Waals surface area (Å²) in [7, 11) is 0. The zero-order valence-electron chi connectivity index (χ0n) is 13.6. The van der Waals surface area contributed by atoms with E-state index in [1.54, 1.807) is 0 Å². The highest BCUT2D eigenvalue weighted by atomic mass is 79.9. The molecular formula is C19H25BrN2O. The van der Waals surface area contributed by atoms with Crippen LogP contribution in [0.15, 0.2) is 28.7 Å². The quantitative estimate of drug-likeness (QED) is 0.804. The van der Waals surface area contributed by atoms with E-state index in [9.17, 15) is 4.79 Å². The Balaban J connectivity index is 1.42. The first-order valence-corrected chi connectivity index (χ1v) is 9.78. The molecule has 0 N–H and O–H groups in total. The average Bonchev–Trinajstić information content (AvgIpc) is 3.21. The van der Waals surface area contributed by atoms with Crippen LogP contribution in [0.2, 0.25) is 0 Å². The van der Waals surface area contributed by atoms with Crippen molar-refractivity contribution in [3.63, 3.8) is 0 Å². The fourth-order valence-corrected chi connectivity index (χ4v) is 4.80. The van der Waals surface area contributed by atoms with Gasteiger partial charge in [-0.25, -0.2) is 0 Å². The lowest BCUT2D eigenvalue weighted by Gasteiger charge is -2.39. The lowest BCUT2D eigenvalue weighted by molar-refractivity contribution is -0.136. The Kier molecular flexibility index (Phi) is 4.22. The Labute approximate surface area is 147 Å². The number of carbonyl (C=O) groups excluding carboxylic acids is 1. The number of halogens is 1. The number of carbonyl (C=O) groups is 1. The molecule has 1 aliphatic heterocycles. The van der Waals surface area contributed by atoms with E-state index in [0.29, 0.717) is 5.91 Å². The Morgan fingerprint density at radius 3 is 2.39 bits per heavy atom. The summed E-state index contributed by atoms with van der Waals surface area (Å²) in [6, 6.07) is 9.10. The number of rotatable bonds is 3. The topological polar surface area (TPSA) is 23.6 Å². The van der Waals surface area contributed by atoms with E-state index in [2.05, 4.69) is 37.9 Å². The number of amides is 1.